The smallest absolute Gasteiger partial charge is 0.308 e. The summed E-state index contributed by atoms with van der Waals surface area (Å²) in [5, 5.41) is 20.3. The van der Waals surface area contributed by atoms with E-state index in [2.05, 4.69) is 16.9 Å². The number of aromatic nitrogens is 2. The molecule has 1 saturated heterocycles. The predicted molar refractivity (Wildman–Crippen MR) is 139 cm³/mol. The molecule has 0 spiro atoms. The number of fused-ring (bicyclic) bond motifs is 1. The van der Waals surface area contributed by atoms with Crippen LogP contribution < -0.4 is 15.2 Å². The zero-order valence-corrected chi connectivity index (χ0v) is 21.8. The lowest BCUT2D eigenvalue weighted by molar-refractivity contribution is -0.143. The van der Waals surface area contributed by atoms with Crippen LogP contribution in [0.4, 0.5) is 0 Å². The molecule has 1 amide bonds. The van der Waals surface area contributed by atoms with Crippen molar-refractivity contribution in [3.63, 3.8) is 0 Å². The van der Waals surface area contributed by atoms with E-state index >= 15 is 0 Å². The molecular weight excluding hydrogens is 490 g/mol. The monoisotopic (exact) mass is 527 g/mol. The van der Waals surface area contributed by atoms with Crippen LogP contribution in [0.25, 0.3) is 0 Å². The summed E-state index contributed by atoms with van der Waals surface area (Å²) in [5.41, 5.74) is 7.90. The maximum atomic E-state index is 13.4. The van der Waals surface area contributed by atoms with Gasteiger partial charge in [0.15, 0.2) is 11.5 Å². The third kappa shape index (κ3) is 6.23. The molecule has 2 aromatic rings. The zero-order chi connectivity index (χ0) is 27.1. The Bertz CT molecular complexity index is 1100. The molecule has 0 bridgehead atoms. The second kappa shape index (κ2) is 13.0. The van der Waals surface area contributed by atoms with Crippen molar-refractivity contribution in [3.05, 3.63) is 47.5 Å². The number of carboxylic acid groups (broad SMARTS) is 1. The summed E-state index contributed by atoms with van der Waals surface area (Å²) in [6.07, 6.45) is 6.05. The number of amides is 1. The molecule has 1 fully saturated rings. The number of carboxylic acids is 1. The van der Waals surface area contributed by atoms with E-state index in [9.17, 15) is 19.8 Å². The van der Waals surface area contributed by atoms with Crippen molar-refractivity contribution in [1.29, 1.82) is 0 Å². The number of likely N-dealkylation sites (tertiary alicyclic amines) is 1. The van der Waals surface area contributed by atoms with Gasteiger partial charge in [-0.3, -0.25) is 14.5 Å². The van der Waals surface area contributed by atoms with Crippen LogP contribution in [0, 0.1) is 5.92 Å². The molecule has 206 valence electrons. The molecule has 3 heterocycles. The van der Waals surface area contributed by atoms with Crippen LogP contribution in [0.5, 0.6) is 11.5 Å². The highest BCUT2D eigenvalue weighted by Gasteiger charge is 2.47. The van der Waals surface area contributed by atoms with E-state index in [4.69, 9.17) is 15.2 Å². The minimum atomic E-state index is -0.925. The van der Waals surface area contributed by atoms with Crippen molar-refractivity contribution in [3.8, 4) is 11.5 Å². The summed E-state index contributed by atoms with van der Waals surface area (Å²) in [4.78, 5) is 38.1. The number of carbonyl (C=O) groups is 2. The molecule has 11 heteroatoms. The first-order chi connectivity index (χ1) is 18.5. The minimum Gasteiger partial charge on any atom is -0.481 e. The van der Waals surface area contributed by atoms with Gasteiger partial charge >= 0.3 is 5.97 Å². The van der Waals surface area contributed by atoms with Crippen LogP contribution in [0.3, 0.4) is 0 Å². The van der Waals surface area contributed by atoms with Crippen LogP contribution in [0.1, 0.15) is 48.9 Å². The molecule has 0 aliphatic carbocycles. The maximum Gasteiger partial charge on any atom is 0.308 e. The second-order valence-electron chi connectivity index (χ2n) is 9.80. The molecule has 1 aromatic carbocycles. The van der Waals surface area contributed by atoms with Gasteiger partial charge in [-0.1, -0.05) is 13.3 Å². The summed E-state index contributed by atoms with van der Waals surface area (Å²) in [7, 11) is 0. The number of hydrogen-bond acceptors (Lipinski definition) is 9. The first-order valence-electron chi connectivity index (χ1n) is 13.2. The van der Waals surface area contributed by atoms with E-state index in [0.717, 1.165) is 24.1 Å². The van der Waals surface area contributed by atoms with Gasteiger partial charge < -0.3 is 30.3 Å². The number of nitrogens with two attached hydrogens (primary N) is 1. The number of carbonyl (C=O) groups excluding carboxylic acids is 1. The molecule has 38 heavy (non-hydrogen) atoms. The minimum absolute atomic E-state index is 0.0513. The Kier molecular flexibility index (Phi) is 9.48. The van der Waals surface area contributed by atoms with Crippen LogP contribution in [0.2, 0.25) is 0 Å². The number of aliphatic carboxylic acids is 1. The Morgan fingerprint density at radius 2 is 2.11 bits per heavy atom. The van der Waals surface area contributed by atoms with Gasteiger partial charge in [-0.25, -0.2) is 9.97 Å². The quantitative estimate of drug-likeness (QED) is 0.348. The van der Waals surface area contributed by atoms with Gasteiger partial charge in [0.05, 0.1) is 19.1 Å². The van der Waals surface area contributed by atoms with E-state index in [1.807, 2.05) is 11.0 Å². The fourth-order valence-electron chi connectivity index (χ4n) is 5.53. The summed E-state index contributed by atoms with van der Waals surface area (Å²) >= 11 is 0. The van der Waals surface area contributed by atoms with Crippen molar-refractivity contribution in [1.82, 2.24) is 19.8 Å². The van der Waals surface area contributed by atoms with Crippen molar-refractivity contribution >= 4 is 11.9 Å². The third-order valence-corrected chi connectivity index (χ3v) is 7.41. The van der Waals surface area contributed by atoms with E-state index in [1.54, 1.807) is 23.2 Å². The molecule has 4 rings (SSSR count). The topological polar surface area (TPSA) is 151 Å². The lowest BCUT2D eigenvalue weighted by atomic mass is 9.83. The summed E-state index contributed by atoms with van der Waals surface area (Å²) in [6, 6.07) is 5.02. The fourth-order valence-corrected chi connectivity index (χ4v) is 5.53. The average Bonchev–Trinajstić information content (AvgIpc) is 3.54. The normalized spacial score (nSPS) is 20.6. The van der Waals surface area contributed by atoms with Gasteiger partial charge in [-0.15, -0.1) is 0 Å². The molecule has 11 nitrogen and oxygen atoms in total. The zero-order valence-electron chi connectivity index (χ0n) is 21.8. The summed E-state index contributed by atoms with van der Waals surface area (Å²) < 4.78 is 11.1. The number of nitrogens with zero attached hydrogens (tertiary/aromatic N) is 4. The van der Waals surface area contributed by atoms with Crippen molar-refractivity contribution in [2.45, 2.75) is 51.2 Å². The van der Waals surface area contributed by atoms with Crippen LogP contribution in [-0.2, 0) is 22.6 Å². The van der Waals surface area contributed by atoms with Gasteiger partial charge in [0.25, 0.3) is 0 Å². The predicted octanol–water partition coefficient (Wildman–Crippen LogP) is 1.39. The van der Waals surface area contributed by atoms with Gasteiger partial charge in [-0.2, -0.15) is 0 Å². The number of hydrogen-bond donors (Lipinski definition) is 3. The van der Waals surface area contributed by atoms with Crippen molar-refractivity contribution in [2.24, 2.45) is 11.7 Å². The van der Waals surface area contributed by atoms with Crippen LogP contribution in [-0.4, -0.2) is 87.4 Å². The molecule has 0 unspecified atom stereocenters. The van der Waals surface area contributed by atoms with Crippen molar-refractivity contribution in [2.75, 3.05) is 39.5 Å². The van der Waals surface area contributed by atoms with E-state index in [1.165, 1.54) is 6.33 Å². The lowest BCUT2D eigenvalue weighted by Crippen LogP contribution is -2.45. The number of benzene rings is 1. The first kappa shape index (κ1) is 27.7. The lowest BCUT2D eigenvalue weighted by Gasteiger charge is -2.29. The highest BCUT2D eigenvalue weighted by molar-refractivity contribution is 5.79. The van der Waals surface area contributed by atoms with Gasteiger partial charge in [0.2, 0.25) is 12.7 Å². The molecule has 3 atom stereocenters. The molecule has 4 N–H and O–H groups in total. The van der Waals surface area contributed by atoms with Crippen LogP contribution in [0.15, 0.2) is 30.7 Å². The molecular formula is C27H37N5O6. The Labute approximate surface area is 222 Å². The number of rotatable bonds is 13. The summed E-state index contributed by atoms with van der Waals surface area (Å²) in [5.74, 6) is -1.17. The first-order valence-corrected chi connectivity index (χ1v) is 13.2. The Morgan fingerprint density at radius 1 is 1.26 bits per heavy atom. The molecule has 2 aliphatic heterocycles. The van der Waals surface area contributed by atoms with Crippen LogP contribution >= 0.6 is 0 Å². The number of ether oxygens (including phenoxy) is 2. The standard InChI is InChI=1S/C27H37N5O6/c1-2-3-9-31(10-7-28)24(34)14-32-13-21(18-11-19(15-33)26-23(12-18)37-17-38-26)25(27(35)36)22(32)5-4-20-6-8-29-16-30-20/h6,8,11-12,16,21-22,25,33H,2-5,7,9-10,13-15,17,28H2,1H3,(H,35,36)/t21-,22+,25-/m1/s1. The van der Waals surface area contributed by atoms with Gasteiger partial charge in [0.1, 0.15) is 6.33 Å². The largest absolute Gasteiger partial charge is 0.481 e. The SMILES string of the molecule is CCCCN(CCN)C(=O)CN1C[C@H](c2cc(CO)c3c(c2)OCO3)[C@@H](C(=O)O)[C@@H]1CCc1ccncn1. The van der Waals surface area contributed by atoms with E-state index < -0.39 is 23.8 Å². The number of unbranched alkanes of at least 4 members (excludes halogenated alkanes) is 1. The Morgan fingerprint density at radius 3 is 2.79 bits per heavy atom. The van der Waals surface area contributed by atoms with Gasteiger partial charge in [-0.05, 0) is 43.0 Å². The van der Waals surface area contributed by atoms with E-state index in [0.29, 0.717) is 56.1 Å². The third-order valence-electron chi connectivity index (χ3n) is 7.41. The Hall–Kier alpha value is -3.28. The maximum absolute atomic E-state index is 13.4. The molecule has 1 aromatic heterocycles. The fraction of sp³-hybridized carbons (Fsp3) is 0.556. The average molecular weight is 528 g/mol. The molecule has 0 radical (unpaired) electrons. The number of aliphatic hydroxyl groups is 1. The highest BCUT2D eigenvalue weighted by atomic mass is 16.7. The number of aryl methyl sites for hydroxylation is 1. The highest BCUT2D eigenvalue weighted by Crippen LogP contribution is 2.44. The van der Waals surface area contributed by atoms with Gasteiger partial charge in [0, 0.05) is 55.6 Å². The van der Waals surface area contributed by atoms with Crippen molar-refractivity contribution < 1.29 is 29.3 Å². The molecule has 0 saturated carbocycles. The number of aliphatic hydroxyl groups excluding tert-OH is 1. The van der Waals surface area contributed by atoms with E-state index in [-0.39, 0.29) is 25.9 Å². The molecule has 2 aliphatic rings. The second-order valence-corrected chi connectivity index (χ2v) is 9.80. The Balaban J connectivity index is 1.64. The summed E-state index contributed by atoms with van der Waals surface area (Å²) in [6.45, 7) is 3.81.